The molecule has 4 N–H and O–H groups in total. The zero-order chi connectivity index (χ0) is 13.8. The van der Waals surface area contributed by atoms with Crippen molar-refractivity contribution in [3.05, 3.63) is 29.8 Å². The lowest BCUT2D eigenvalue weighted by atomic mass is 10.0. The molecule has 0 aliphatic carbocycles. The topological polar surface area (TPSA) is 61.3 Å². The highest BCUT2D eigenvalue weighted by molar-refractivity contribution is 5.29. The zero-order valence-electron chi connectivity index (χ0n) is 9.45. The predicted molar refractivity (Wildman–Crippen MR) is 58.6 cm³/mol. The van der Waals surface area contributed by atoms with E-state index < -0.39 is 12.5 Å². The molecule has 1 rings (SSSR count). The van der Waals surface area contributed by atoms with Crippen molar-refractivity contribution in [3.63, 3.8) is 0 Å². The zero-order valence-corrected chi connectivity index (χ0v) is 9.45. The Kier molecular flexibility index (Phi) is 4.92. The molecule has 102 valence electrons. The summed E-state index contributed by atoms with van der Waals surface area (Å²) in [6.07, 6.45) is -7.84. The van der Waals surface area contributed by atoms with E-state index in [0.717, 1.165) is 0 Å². The van der Waals surface area contributed by atoms with Crippen molar-refractivity contribution in [2.75, 3.05) is 6.54 Å². The van der Waals surface area contributed by atoms with Crippen LogP contribution in [0.1, 0.15) is 18.0 Å². The first-order valence-electron chi connectivity index (χ1n) is 5.27. The fourth-order valence-electron chi connectivity index (χ4n) is 1.33. The maximum Gasteiger partial charge on any atom is 0.461 e. The van der Waals surface area contributed by atoms with E-state index in [9.17, 15) is 17.6 Å². The fraction of sp³-hybridized carbons (Fsp3) is 0.455. The van der Waals surface area contributed by atoms with Gasteiger partial charge in [0.05, 0.1) is 0 Å². The minimum Gasteiger partial charge on any atom is -0.428 e. The number of rotatable bonds is 6. The Bertz CT molecular complexity index is 370. The van der Waals surface area contributed by atoms with Crippen molar-refractivity contribution in [1.82, 2.24) is 0 Å². The van der Waals surface area contributed by atoms with Crippen molar-refractivity contribution in [1.29, 1.82) is 0 Å². The van der Waals surface area contributed by atoms with E-state index in [0.29, 0.717) is 18.5 Å². The van der Waals surface area contributed by atoms with Crippen LogP contribution in [0.3, 0.4) is 0 Å². The summed E-state index contributed by atoms with van der Waals surface area (Å²) in [7, 11) is 0. The van der Waals surface area contributed by atoms with Gasteiger partial charge in [0.15, 0.2) is 0 Å². The molecule has 0 aliphatic heterocycles. The van der Waals surface area contributed by atoms with Gasteiger partial charge in [-0.25, -0.2) is 0 Å². The molecule has 0 saturated heterocycles. The number of benzene rings is 1. The number of nitrogens with two attached hydrogens (primary N) is 2. The predicted octanol–water partition coefficient (Wildman–Crippen LogP) is 2.27. The Labute approximate surface area is 102 Å². The van der Waals surface area contributed by atoms with Crippen LogP contribution in [0.5, 0.6) is 5.75 Å². The molecule has 1 atom stereocenters. The summed E-state index contributed by atoms with van der Waals surface area (Å²) in [5, 5.41) is 0. The highest BCUT2D eigenvalue weighted by Gasteiger charge is 2.43. The molecular weight excluding hydrogens is 252 g/mol. The van der Waals surface area contributed by atoms with E-state index in [-0.39, 0.29) is 11.8 Å². The highest BCUT2D eigenvalue weighted by Crippen LogP contribution is 2.28. The van der Waals surface area contributed by atoms with Gasteiger partial charge in [0.25, 0.3) is 0 Å². The third kappa shape index (κ3) is 3.85. The molecule has 18 heavy (non-hydrogen) atoms. The van der Waals surface area contributed by atoms with Crippen LogP contribution in [0.4, 0.5) is 17.6 Å². The van der Waals surface area contributed by atoms with Gasteiger partial charge >= 0.3 is 12.5 Å². The van der Waals surface area contributed by atoms with Gasteiger partial charge in [-0.1, -0.05) is 12.1 Å². The number of hydrogen-bond donors (Lipinski definition) is 2. The van der Waals surface area contributed by atoms with Gasteiger partial charge in [0.1, 0.15) is 5.75 Å². The molecule has 0 spiro atoms. The molecule has 0 saturated carbocycles. The van der Waals surface area contributed by atoms with Gasteiger partial charge in [-0.2, -0.15) is 17.6 Å². The molecule has 0 aliphatic rings. The molecule has 0 radical (unpaired) electrons. The molecule has 0 unspecified atom stereocenters. The van der Waals surface area contributed by atoms with E-state index in [2.05, 4.69) is 4.74 Å². The summed E-state index contributed by atoms with van der Waals surface area (Å²) in [4.78, 5) is 0. The maximum atomic E-state index is 12.6. The second-order valence-electron chi connectivity index (χ2n) is 3.72. The van der Waals surface area contributed by atoms with Crippen LogP contribution >= 0.6 is 0 Å². The van der Waals surface area contributed by atoms with Gasteiger partial charge in [0, 0.05) is 6.04 Å². The van der Waals surface area contributed by atoms with Crippen LogP contribution < -0.4 is 16.2 Å². The van der Waals surface area contributed by atoms with Crippen molar-refractivity contribution >= 4 is 0 Å². The quantitative estimate of drug-likeness (QED) is 0.776. The maximum absolute atomic E-state index is 12.6. The Morgan fingerprint density at radius 1 is 1.17 bits per heavy atom. The lowest BCUT2D eigenvalue weighted by Gasteiger charge is -2.17. The first-order valence-corrected chi connectivity index (χ1v) is 5.27. The molecule has 0 bridgehead atoms. The first kappa shape index (κ1) is 14.7. The van der Waals surface area contributed by atoms with Crippen LogP contribution in [-0.4, -0.2) is 19.1 Å². The van der Waals surface area contributed by atoms with Crippen molar-refractivity contribution in [2.45, 2.75) is 25.0 Å². The molecule has 0 aromatic heterocycles. The van der Waals surface area contributed by atoms with Crippen LogP contribution in [0.2, 0.25) is 0 Å². The van der Waals surface area contributed by atoms with Crippen LogP contribution in [0.15, 0.2) is 24.3 Å². The molecule has 0 amide bonds. The number of halogens is 4. The average molecular weight is 266 g/mol. The lowest BCUT2D eigenvalue weighted by molar-refractivity contribution is -0.253. The average Bonchev–Trinajstić information content (AvgIpc) is 2.29. The summed E-state index contributed by atoms with van der Waals surface area (Å²) in [5.41, 5.74) is 11.7. The Morgan fingerprint density at radius 2 is 1.72 bits per heavy atom. The standard InChI is InChI=1S/C11H14F4N2O/c12-10(13)11(14,15)18-8-3-1-7(2-4-8)9(17)5-6-16/h1-4,9-10H,5-6,16-17H2/t9-/m1/s1. The van der Waals surface area contributed by atoms with E-state index in [1.807, 2.05) is 0 Å². The monoisotopic (exact) mass is 266 g/mol. The summed E-state index contributed by atoms with van der Waals surface area (Å²) < 4.78 is 52.9. The Hall–Kier alpha value is -1.34. The van der Waals surface area contributed by atoms with Crippen LogP contribution in [-0.2, 0) is 0 Å². The van der Waals surface area contributed by atoms with Crippen LogP contribution in [0.25, 0.3) is 0 Å². The number of alkyl halides is 4. The molecule has 1 aromatic rings. The van der Waals surface area contributed by atoms with E-state index >= 15 is 0 Å². The van der Waals surface area contributed by atoms with E-state index in [1.165, 1.54) is 24.3 Å². The van der Waals surface area contributed by atoms with Gasteiger partial charge < -0.3 is 16.2 Å². The highest BCUT2D eigenvalue weighted by atomic mass is 19.3. The fourth-order valence-corrected chi connectivity index (χ4v) is 1.33. The molecule has 0 fully saturated rings. The second-order valence-corrected chi connectivity index (χ2v) is 3.72. The van der Waals surface area contributed by atoms with Gasteiger partial charge in [-0.15, -0.1) is 0 Å². The van der Waals surface area contributed by atoms with Gasteiger partial charge in [-0.3, -0.25) is 0 Å². The molecule has 7 heteroatoms. The normalized spacial score (nSPS) is 13.7. The minimum atomic E-state index is -4.50. The lowest BCUT2D eigenvalue weighted by Crippen LogP contribution is -2.33. The molecule has 1 aromatic carbocycles. The first-order chi connectivity index (χ1) is 8.36. The summed E-state index contributed by atoms with van der Waals surface area (Å²) in [6.45, 7) is 0.392. The summed E-state index contributed by atoms with van der Waals surface area (Å²) in [5.74, 6) is -0.344. The smallest absolute Gasteiger partial charge is 0.428 e. The van der Waals surface area contributed by atoms with E-state index in [4.69, 9.17) is 11.5 Å². The molecule has 3 nitrogen and oxygen atoms in total. The number of hydrogen-bond acceptors (Lipinski definition) is 3. The van der Waals surface area contributed by atoms with Gasteiger partial charge in [-0.05, 0) is 30.7 Å². The van der Waals surface area contributed by atoms with E-state index in [1.54, 1.807) is 0 Å². The third-order valence-electron chi connectivity index (χ3n) is 2.29. The summed E-state index contributed by atoms with van der Waals surface area (Å²) in [6, 6.07) is 4.90. The van der Waals surface area contributed by atoms with Crippen molar-refractivity contribution < 1.29 is 22.3 Å². The van der Waals surface area contributed by atoms with Crippen molar-refractivity contribution in [2.24, 2.45) is 11.5 Å². The second kappa shape index (κ2) is 6.01. The molecular formula is C11H14F4N2O. The molecule has 0 heterocycles. The number of ether oxygens (including phenoxy) is 1. The Morgan fingerprint density at radius 3 is 2.17 bits per heavy atom. The SMILES string of the molecule is NCC[C@@H](N)c1ccc(OC(F)(F)C(F)F)cc1. The van der Waals surface area contributed by atoms with Gasteiger partial charge in [0.2, 0.25) is 0 Å². The summed E-state index contributed by atoms with van der Waals surface area (Å²) >= 11 is 0. The largest absolute Gasteiger partial charge is 0.461 e. The third-order valence-corrected chi connectivity index (χ3v) is 2.29. The van der Waals surface area contributed by atoms with Crippen LogP contribution in [0, 0.1) is 0 Å². The Balaban J connectivity index is 2.71. The van der Waals surface area contributed by atoms with Crippen molar-refractivity contribution in [3.8, 4) is 5.75 Å². The minimum absolute atomic E-state index is 0.320.